The van der Waals surface area contributed by atoms with Crippen molar-refractivity contribution in [2.45, 2.75) is 31.3 Å². The highest BCUT2D eigenvalue weighted by molar-refractivity contribution is 7.90. The van der Waals surface area contributed by atoms with Crippen LogP contribution in [0.3, 0.4) is 0 Å². The predicted octanol–water partition coefficient (Wildman–Crippen LogP) is 2.41. The van der Waals surface area contributed by atoms with Gasteiger partial charge in [-0.2, -0.15) is 5.10 Å². The maximum Gasteiger partial charge on any atom is 0.216 e. The molecular formula is C16H24ClN3O3S. The smallest absolute Gasteiger partial charge is 0.216 e. The Bertz CT molecular complexity index is 786. The van der Waals surface area contributed by atoms with Crippen LogP contribution < -0.4 is 10.1 Å². The van der Waals surface area contributed by atoms with Crippen LogP contribution in [-0.2, 0) is 23.4 Å². The van der Waals surface area contributed by atoms with Crippen LogP contribution in [0.5, 0.6) is 5.88 Å². The van der Waals surface area contributed by atoms with Gasteiger partial charge in [0.15, 0.2) is 9.84 Å². The van der Waals surface area contributed by atoms with Gasteiger partial charge in [-0.3, -0.25) is 0 Å². The third kappa shape index (κ3) is 4.49. The molecule has 6 nitrogen and oxygen atoms in total. The topological polar surface area (TPSA) is 73.2 Å². The summed E-state index contributed by atoms with van der Waals surface area (Å²) in [4.78, 5) is 0.332. The van der Waals surface area contributed by atoms with E-state index in [-0.39, 0.29) is 18.4 Å². The van der Waals surface area contributed by atoms with E-state index in [0.29, 0.717) is 11.4 Å². The van der Waals surface area contributed by atoms with Crippen molar-refractivity contribution in [3.05, 3.63) is 41.1 Å². The average Bonchev–Trinajstić information content (AvgIpc) is 2.77. The minimum absolute atomic E-state index is 0. The fourth-order valence-electron chi connectivity index (χ4n) is 2.52. The number of methoxy groups -OCH3 is 1. The van der Waals surface area contributed by atoms with Gasteiger partial charge in [0, 0.05) is 25.9 Å². The molecule has 0 spiro atoms. The molecule has 1 aromatic heterocycles. The molecule has 0 saturated carbocycles. The predicted molar refractivity (Wildman–Crippen MR) is 96.6 cm³/mol. The first-order valence-electron chi connectivity index (χ1n) is 7.34. The van der Waals surface area contributed by atoms with Crippen LogP contribution in [0.1, 0.15) is 29.8 Å². The van der Waals surface area contributed by atoms with E-state index in [4.69, 9.17) is 4.74 Å². The molecule has 0 fully saturated rings. The number of hydrogen-bond donors (Lipinski definition) is 1. The number of aromatic nitrogens is 2. The average molecular weight is 374 g/mol. The molecule has 1 N–H and O–H groups in total. The van der Waals surface area contributed by atoms with E-state index >= 15 is 0 Å². The van der Waals surface area contributed by atoms with Crippen molar-refractivity contribution in [1.82, 2.24) is 15.1 Å². The summed E-state index contributed by atoms with van der Waals surface area (Å²) in [6.45, 7) is 4.61. The van der Waals surface area contributed by atoms with Crippen molar-refractivity contribution >= 4 is 22.2 Å². The first-order valence-corrected chi connectivity index (χ1v) is 9.23. The SMILES string of the molecule is COc1c(CNC(C)c2ccc(S(C)(=O)=O)cc2)c(C)nn1C.Cl. The van der Waals surface area contributed by atoms with Crippen LogP contribution in [0.2, 0.25) is 0 Å². The summed E-state index contributed by atoms with van der Waals surface area (Å²) < 4.78 is 30.1. The van der Waals surface area contributed by atoms with Crippen molar-refractivity contribution in [3.63, 3.8) is 0 Å². The summed E-state index contributed by atoms with van der Waals surface area (Å²) in [6.07, 6.45) is 1.21. The highest BCUT2D eigenvalue weighted by Crippen LogP contribution is 2.22. The number of nitrogens with zero attached hydrogens (tertiary/aromatic N) is 2. The summed E-state index contributed by atoms with van der Waals surface area (Å²) in [5.74, 6) is 0.745. The normalized spacial score (nSPS) is 12.5. The van der Waals surface area contributed by atoms with Crippen molar-refractivity contribution in [3.8, 4) is 5.88 Å². The molecule has 8 heteroatoms. The second-order valence-corrected chi connectivity index (χ2v) is 7.66. The lowest BCUT2D eigenvalue weighted by Gasteiger charge is -2.15. The third-order valence-corrected chi connectivity index (χ3v) is 5.00. The molecule has 0 bridgehead atoms. The first kappa shape index (κ1) is 20.5. The Labute approximate surface area is 149 Å². The van der Waals surface area contributed by atoms with Crippen molar-refractivity contribution in [2.24, 2.45) is 7.05 Å². The van der Waals surface area contributed by atoms with E-state index in [1.165, 1.54) is 6.26 Å². The minimum atomic E-state index is -3.16. The lowest BCUT2D eigenvalue weighted by Crippen LogP contribution is -2.19. The molecule has 134 valence electrons. The molecule has 0 radical (unpaired) electrons. The molecule has 0 aliphatic rings. The largest absolute Gasteiger partial charge is 0.481 e. The molecule has 1 heterocycles. The second-order valence-electron chi connectivity index (χ2n) is 5.64. The quantitative estimate of drug-likeness (QED) is 0.841. The summed E-state index contributed by atoms with van der Waals surface area (Å²) in [5, 5.41) is 7.78. The zero-order chi connectivity index (χ0) is 17.2. The van der Waals surface area contributed by atoms with E-state index in [9.17, 15) is 8.42 Å². The molecule has 0 amide bonds. The highest BCUT2D eigenvalue weighted by Gasteiger charge is 2.15. The Hall–Kier alpha value is -1.57. The molecule has 1 atom stereocenters. The van der Waals surface area contributed by atoms with Crippen LogP contribution in [0.15, 0.2) is 29.2 Å². The van der Waals surface area contributed by atoms with E-state index in [1.807, 2.05) is 33.0 Å². The maximum atomic E-state index is 11.5. The standard InChI is InChI=1S/C16H23N3O3S.ClH/c1-11(13-6-8-14(9-7-13)23(5,20)21)17-10-15-12(2)18-19(3)16(15)22-4;/h6-9,11,17H,10H2,1-5H3;1H. The van der Waals surface area contributed by atoms with E-state index in [2.05, 4.69) is 10.4 Å². The third-order valence-electron chi connectivity index (χ3n) is 3.88. The number of aryl methyl sites for hydroxylation is 2. The zero-order valence-corrected chi connectivity index (χ0v) is 16.2. The van der Waals surface area contributed by atoms with Crippen LogP contribution in [0.25, 0.3) is 0 Å². The van der Waals surface area contributed by atoms with Gasteiger partial charge in [-0.1, -0.05) is 12.1 Å². The number of sulfone groups is 1. The molecule has 1 unspecified atom stereocenters. The Morgan fingerprint density at radius 1 is 1.29 bits per heavy atom. The van der Waals surface area contributed by atoms with Gasteiger partial charge in [0.2, 0.25) is 5.88 Å². The Morgan fingerprint density at radius 3 is 2.38 bits per heavy atom. The van der Waals surface area contributed by atoms with Gasteiger partial charge < -0.3 is 10.1 Å². The first-order chi connectivity index (χ1) is 10.7. The zero-order valence-electron chi connectivity index (χ0n) is 14.5. The van der Waals surface area contributed by atoms with Crippen molar-refractivity contribution < 1.29 is 13.2 Å². The summed E-state index contributed by atoms with van der Waals surface area (Å²) >= 11 is 0. The van der Waals surface area contributed by atoms with E-state index in [1.54, 1.807) is 23.9 Å². The van der Waals surface area contributed by atoms with Gasteiger partial charge in [0.05, 0.1) is 23.3 Å². The molecule has 2 rings (SSSR count). The van der Waals surface area contributed by atoms with E-state index in [0.717, 1.165) is 22.7 Å². The molecule has 0 aliphatic carbocycles. The van der Waals surface area contributed by atoms with Gasteiger partial charge >= 0.3 is 0 Å². The number of nitrogens with one attached hydrogen (secondary N) is 1. The lowest BCUT2D eigenvalue weighted by atomic mass is 10.1. The minimum Gasteiger partial charge on any atom is -0.481 e. The Kier molecular flexibility index (Phi) is 6.83. The lowest BCUT2D eigenvalue weighted by molar-refractivity contribution is 0.367. The van der Waals surface area contributed by atoms with Gasteiger partial charge in [-0.15, -0.1) is 12.4 Å². The van der Waals surface area contributed by atoms with Crippen LogP contribution in [-0.4, -0.2) is 31.6 Å². The van der Waals surface area contributed by atoms with Crippen LogP contribution >= 0.6 is 12.4 Å². The van der Waals surface area contributed by atoms with Crippen molar-refractivity contribution in [2.75, 3.05) is 13.4 Å². The monoisotopic (exact) mass is 373 g/mol. The number of ether oxygens (including phenoxy) is 1. The number of halogens is 1. The highest BCUT2D eigenvalue weighted by atomic mass is 35.5. The number of hydrogen-bond acceptors (Lipinski definition) is 5. The molecule has 0 saturated heterocycles. The maximum absolute atomic E-state index is 11.5. The summed E-state index contributed by atoms with van der Waals surface area (Å²) in [6, 6.07) is 7.02. The molecule has 2 aromatic rings. The summed E-state index contributed by atoms with van der Waals surface area (Å²) in [7, 11) is 0.322. The number of rotatable bonds is 6. The van der Waals surface area contributed by atoms with Crippen molar-refractivity contribution in [1.29, 1.82) is 0 Å². The Morgan fingerprint density at radius 2 is 1.88 bits per heavy atom. The molecular weight excluding hydrogens is 350 g/mol. The van der Waals surface area contributed by atoms with Gasteiger partial charge in [-0.05, 0) is 31.5 Å². The van der Waals surface area contributed by atoms with Gasteiger partial charge in [0.25, 0.3) is 0 Å². The van der Waals surface area contributed by atoms with Gasteiger partial charge in [0.1, 0.15) is 0 Å². The fourth-order valence-corrected chi connectivity index (χ4v) is 3.15. The second kappa shape index (κ2) is 8.00. The van der Waals surface area contributed by atoms with E-state index < -0.39 is 9.84 Å². The number of benzene rings is 1. The summed E-state index contributed by atoms with van der Waals surface area (Å²) in [5.41, 5.74) is 2.98. The fraction of sp³-hybridized carbons (Fsp3) is 0.438. The molecule has 1 aromatic carbocycles. The Balaban J connectivity index is 0.00000288. The van der Waals surface area contributed by atoms with Crippen LogP contribution in [0, 0.1) is 6.92 Å². The van der Waals surface area contributed by atoms with Crippen LogP contribution in [0.4, 0.5) is 0 Å². The molecule has 0 aliphatic heterocycles. The van der Waals surface area contributed by atoms with Gasteiger partial charge in [-0.25, -0.2) is 13.1 Å². The molecule has 24 heavy (non-hydrogen) atoms.